The van der Waals surface area contributed by atoms with Gasteiger partial charge in [-0.05, 0) is 6.92 Å². The molecule has 0 saturated heterocycles. The third-order valence-corrected chi connectivity index (χ3v) is 0.573. The van der Waals surface area contributed by atoms with Crippen LogP contribution in [0.3, 0.4) is 0 Å². The number of carbonyl (C=O) groups is 2. The average Bonchev–Trinajstić information content (AvgIpc) is 1.87. The van der Waals surface area contributed by atoms with Crippen molar-refractivity contribution in [1.29, 1.82) is 0 Å². The Kier molecular flexibility index (Phi) is 10.3. The molecule has 12 heavy (non-hydrogen) atoms. The molecular weight excluding hydrogens is 164 g/mol. The van der Waals surface area contributed by atoms with Crippen molar-refractivity contribution in [2.45, 2.75) is 13.3 Å². The van der Waals surface area contributed by atoms with Crippen molar-refractivity contribution in [1.82, 2.24) is 0 Å². The summed E-state index contributed by atoms with van der Waals surface area (Å²) < 4.78 is 4.60. The second-order valence-corrected chi connectivity index (χ2v) is 1.54. The molecule has 0 spiro atoms. The topological polar surface area (TPSA) is 89.5 Å². The van der Waals surface area contributed by atoms with E-state index < -0.39 is 18.4 Å². The van der Waals surface area contributed by atoms with E-state index in [9.17, 15) is 19.8 Å². The number of hydrogen-bond acceptors (Lipinski definition) is 5. The predicted molar refractivity (Wildman–Crippen MR) is 36.5 cm³/mol. The van der Waals surface area contributed by atoms with Crippen LogP contribution >= 0.6 is 0 Å². The molecule has 0 atom stereocenters. The Morgan fingerprint density at radius 2 is 1.83 bits per heavy atom. The molecule has 0 aliphatic rings. The number of carbonyl (C=O) groups excluding carboxylic acids is 2. The highest BCUT2D eigenvalue weighted by molar-refractivity contribution is 5.86. The molecule has 5 nitrogen and oxygen atoms in total. The maximum atomic E-state index is 9.28. The highest BCUT2D eigenvalue weighted by Crippen LogP contribution is 1.66. The molecule has 0 N–H and O–H groups in total. The van der Waals surface area contributed by atoms with Crippen LogP contribution in [0.5, 0.6) is 0 Å². The minimum atomic E-state index is -1.63. The minimum absolute atomic E-state index is 0.726. The maximum Gasteiger partial charge on any atom is 0.0844 e. The monoisotopic (exact) mass is 174 g/mol. The van der Waals surface area contributed by atoms with E-state index in [1.807, 2.05) is 6.92 Å². The van der Waals surface area contributed by atoms with Gasteiger partial charge in [-0.3, -0.25) is 0 Å². The normalized spacial score (nSPS) is 7.42. The zero-order chi connectivity index (χ0) is 9.98. The summed E-state index contributed by atoms with van der Waals surface area (Å²) in [7, 11) is 0. The second kappa shape index (κ2) is 9.48. The van der Waals surface area contributed by atoms with Gasteiger partial charge in [0.2, 0.25) is 0 Å². The van der Waals surface area contributed by atoms with Crippen LogP contribution in [0.1, 0.15) is 13.3 Å². The van der Waals surface area contributed by atoms with Crippen LogP contribution in [0.2, 0.25) is 0 Å². The average molecular weight is 174 g/mol. The Morgan fingerprint density at radius 3 is 1.83 bits per heavy atom. The standard InChI is InChI=1S/C4H8O.C3H4O4/c1-3-5-4-2;4-2(5)1-3(6)7/h3H,1,4H2,2H3;1H2,(H,4,5)(H,6,7)/p-2. The lowest BCUT2D eigenvalue weighted by molar-refractivity contribution is -0.322. The first-order valence-electron chi connectivity index (χ1n) is 3.16. The molecule has 0 bridgehead atoms. The maximum absolute atomic E-state index is 9.28. The van der Waals surface area contributed by atoms with Crippen molar-refractivity contribution in [3.63, 3.8) is 0 Å². The summed E-state index contributed by atoms with van der Waals surface area (Å²) in [6.45, 7) is 5.97. The van der Waals surface area contributed by atoms with Crippen LogP contribution in [0.15, 0.2) is 12.8 Å². The molecule has 5 heteroatoms. The first kappa shape index (κ1) is 13.1. The number of ether oxygens (including phenoxy) is 1. The van der Waals surface area contributed by atoms with Crippen molar-refractivity contribution in [3.05, 3.63) is 12.8 Å². The van der Waals surface area contributed by atoms with Crippen LogP contribution in [0, 0.1) is 0 Å². The quantitative estimate of drug-likeness (QED) is 0.364. The fraction of sp³-hybridized carbons (Fsp3) is 0.429. The fourth-order valence-corrected chi connectivity index (χ4v) is 0.236. The van der Waals surface area contributed by atoms with E-state index >= 15 is 0 Å². The third-order valence-electron chi connectivity index (χ3n) is 0.573. The fourth-order valence-electron chi connectivity index (χ4n) is 0.236. The van der Waals surface area contributed by atoms with E-state index in [0.29, 0.717) is 0 Å². The molecule has 0 saturated carbocycles. The molecule has 0 aromatic rings. The van der Waals surface area contributed by atoms with Gasteiger partial charge in [0.15, 0.2) is 0 Å². The Hall–Kier alpha value is -1.52. The molecular formula is C7H10O5-2. The predicted octanol–water partition coefficient (Wildman–Crippen LogP) is -1.96. The molecule has 0 amide bonds. The molecule has 0 radical (unpaired) electrons. The summed E-state index contributed by atoms with van der Waals surface area (Å²) >= 11 is 0. The van der Waals surface area contributed by atoms with Gasteiger partial charge < -0.3 is 24.5 Å². The van der Waals surface area contributed by atoms with Gasteiger partial charge in [-0.25, -0.2) is 0 Å². The number of carboxylic acid groups (broad SMARTS) is 2. The van der Waals surface area contributed by atoms with E-state index in [1.165, 1.54) is 6.26 Å². The van der Waals surface area contributed by atoms with Crippen LogP contribution in [-0.4, -0.2) is 18.5 Å². The lowest BCUT2D eigenvalue weighted by Gasteiger charge is -1.99. The summed E-state index contributed by atoms with van der Waals surface area (Å²) in [5.74, 6) is -3.25. The van der Waals surface area contributed by atoms with Crippen LogP contribution < -0.4 is 10.2 Å². The van der Waals surface area contributed by atoms with Gasteiger partial charge in [0.25, 0.3) is 0 Å². The van der Waals surface area contributed by atoms with E-state index in [2.05, 4.69) is 11.3 Å². The van der Waals surface area contributed by atoms with Crippen molar-refractivity contribution in [2.24, 2.45) is 0 Å². The highest BCUT2D eigenvalue weighted by atomic mass is 16.5. The summed E-state index contributed by atoms with van der Waals surface area (Å²) in [5.41, 5.74) is 0. The van der Waals surface area contributed by atoms with Crippen LogP contribution in [0.4, 0.5) is 0 Å². The van der Waals surface area contributed by atoms with Crippen molar-refractivity contribution in [2.75, 3.05) is 6.61 Å². The van der Waals surface area contributed by atoms with Gasteiger partial charge in [-0.15, -0.1) is 0 Å². The summed E-state index contributed by atoms with van der Waals surface area (Å²) in [6.07, 6.45) is 0.403. The minimum Gasteiger partial charge on any atom is -0.550 e. The molecule has 0 aliphatic heterocycles. The number of aliphatic carboxylic acids is 2. The van der Waals surface area contributed by atoms with E-state index in [-0.39, 0.29) is 0 Å². The lowest BCUT2D eigenvalue weighted by atomic mass is 10.5. The van der Waals surface area contributed by atoms with E-state index in [0.717, 1.165) is 6.61 Å². The number of hydrogen-bond donors (Lipinski definition) is 0. The molecule has 0 heterocycles. The van der Waals surface area contributed by atoms with Gasteiger partial charge in [-0.1, -0.05) is 6.58 Å². The van der Waals surface area contributed by atoms with Gasteiger partial charge >= 0.3 is 0 Å². The van der Waals surface area contributed by atoms with Gasteiger partial charge in [-0.2, -0.15) is 0 Å². The van der Waals surface area contributed by atoms with Crippen molar-refractivity contribution in [3.8, 4) is 0 Å². The molecule has 0 rings (SSSR count). The Labute approximate surface area is 70.3 Å². The first-order valence-corrected chi connectivity index (χ1v) is 3.16. The lowest BCUT2D eigenvalue weighted by Crippen LogP contribution is -2.32. The molecule has 0 unspecified atom stereocenters. The van der Waals surface area contributed by atoms with Crippen molar-refractivity contribution >= 4 is 11.9 Å². The molecule has 0 aromatic heterocycles. The molecule has 0 fully saturated rings. The Morgan fingerprint density at radius 1 is 1.42 bits per heavy atom. The van der Waals surface area contributed by atoms with Crippen molar-refractivity contribution < 1.29 is 24.5 Å². The Balaban J connectivity index is 0. The largest absolute Gasteiger partial charge is 0.550 e. The van der Waals surface area contributed by atoms with Crippen LogP contribution in [0.25, 0.3) is 0 Å². The first-order chi connectivity index (χ1) is 5.54. The second-order valence-electron chi connectivity index (χ2n) is 1.54. The summed E-state index contributed by atoms with van der Waals surface area (Å²) in [6, 6.07) is 0. The van der Waals surface area contributed by atoms with Gasteiger partial charge in [0.1, 0.15) is 0 Å². The smallest absolute Gasteiger partial charge is 0.0844 e. The SMILES string of the molecule is C=COCC.O=C([O-])CC(=O)[O-]. The van der Waals surface area contributed by atoms with E-state index in [1.54, 1.807) is 0 Å². The molecule has 70 valence electrons. The summed E-state index contributed by atoms with van der Waals surface area (Å²) in [5, 5.41) is 18.6. The van der Waals surface area contributed by atoms with Gasteiger partial charge in [0, 0.05) is 18.4 Å². The van der Waals surface area contributed by atoms with Crippen LogP contribution in [-0.2, 0) is 14.3 Å². The highest BCUT2D eigenvalue weighted by Gasteiger charge is 1.81. The molecule has 0 aliphatic carbocycles. The Bertz CT molecular complexity index is 140. The molecule has 0 aromatic carbocycles. The van der Waals surface area contributed by atoms with E-state index in [4.69, 9.17) is 0 Å². The zero-order valence-electron chi connectivity index (χ0n) is 6.74. The number of rotatable bonds is 4. The third kappa shape index (κ3) is 23.6. The summed E-state index contributed by atoms with van der Waals surface area (Å²) in [4.78, 5) is 18.6. The number of carboxylic acids is 2. The van der Waals surface area contributed by atoms with Gasteiger partial charge in [0.05, 0.1) is 12.9 Å². The zero-order valence-corrected chi connectivity index (χ0v) is 6.74.